The molecule has 0 unspecified atom stereocenters. The zero-order valence-electron chi connectivity index (χ0n) is 12.0. The summed E-state index contributed by atoms with van der Waals surface area (Å²) in [4.78, 5) is 24.4. The lowest BCUT2D eigenvalue weighted by Gasteiger charge is -2.05. The molecule has 0 atom stereocenters. The van der Waals surface area contributed by atoms with E-state index in [-0.39, 0.29) is 18.3 Å². The molecule has 0 aliphatic heterocycles. The minimum absolute atomic E-state index is 0.0442. The number of carbonyl (C=O) groups is 2. The maximum Gasteiger partial charge on any atom is 0.338 e. The molecule has 1 amide bonds. The van der Waals surface area contributed by atoms with Crippen LogP contribution in [0.4, 0.5) is 0 Å². The molecule has 0 saturated heterocycles. The fraction of sp³-hybridized carbons (Fsp3) is 0.769. The summed E-state index contributed by atoms with van der Waals surface area (Å²) in [5, 5.41) is 13.0. The van der Waals surface area contributed by atoms with Crippen LogP contribution < -0.4 is 26.9 Å². The van der Waals surface area contributed by atoms with Crippen molar-refractivity contribution in [2.75, 3.05) is 13.1 Å². The summed E-state index contributed by atoms with van der Waals surface area (Å²) in [5.41, 5.74) is 10.5. The second-order valence-corrected chi connectivity index (χ2v) is 4.73. The van der Waals surface area contributed by atoms with Gasteiger partial charge in [-0.3, -0.25) is 21.3 Å². The highest BCUT2D eigenvalue weighted by atomic mass is 16.4. The third kappa shape index (κ3) is 14.3. The summed E-state index contributed by atoms with van der Waals surface area (Å²) in [6.45, 7) is 1.33. The Morgan fingerprint density at radius 1 is 0.950 bits per heavy atom. The van der Waals surface area contributed by atoms with Crippen molar-refractivity contribution in [3.63, 3.8) is 0 Å². The standard InChI is InChI=1S/C13H26N4O3/c14-13(15)17-10-6-1-3-7-11(18)16-9-5-2-4-8-12(19)20/h1-10H2,(H,16,18)(H,19,20)(H4,14,15,17). The van der Waals surface area contributed by atoms with Crippen LogP contribution in [-0.4, -0.2) is 30.9 Å². The van der Waals surface area contributed by atoms with Gasteiger partial charge in [0.2, 0.25) is 5.91 Å². The van der Waals surface area contributed by atoms with Crippen molar-refractivity contribution < 1.29 is 19.7 Å². The summed E-state index contributed by atoms with van der Waals surface area (Å²) in [6.07, 6.45) is 5.50. The number of nitrogens with two attached hydrogens (primary N) is 2. The van der Waals surface area contributed by atoms with Crippen LogP contribution in [0.15, 0.2) is 0 Å². The fourth-order valence-electron chi connectivity index (χ4n) is 1.71. The average Bonchev–Trinajstić information content (AvgIpc) is 2.37. The van der Waals surface area contributed by atoms with Crippen LogP contribution in [-0.2, 0) is 9.59 Å². The van der Waals surface area contributed by atoms with E-state index in [9.17, 15) is 14.7 Å². The smallest absolute Gasteiger partial charge is 0.338 e. The number of nitrogens with one attached hydrogen (secondary N) is 2. The maximum absolute atomic E-state index is 11.4. The molecule has 6 N–H and O–H groups in total. The summed E-state index contributed by atoms with van der Waals surface area (Å²) in [5.74, 6) is -0.748. The Hall–Kier alpha value is -1.79. The van der Waals surface area contributed by atoms with Gasteiger partial charge in [0.25, 0.3) is 0 Å². The van der Waals surface area contributed by atoms with Gasteiger partial charge in [-0.1, -0.05) is 6.42 Å². The number of hydrogen-bond donors (Lipinski definition) is 4. The second kappa shape index (κ2) is 12.3. The number of hydrogen-bond acceptors (Lipinski definition) is 3. The number of carboxylic acid groups (broad SMARTS) is 1. The van der Waals surface area contributed by atoms with E-state index in [0.717, 1.165) is 38.6 Å². The van der Waals surface area contributed by atoms with Crippen molar-refractivity contribution in [1.29, 1.82) is 0 Å². The van der Waals surface area contributed by atoms with Crippen LogP contribution >= 0.6 is 0 Å². The van der Waals surface area contributed by atoms with E-state index >= 15 is 0 Å². The Morgan fingerprint density at radius 3 is 2.25 bits per heavy atom. The summed E-state index contributed by atoms with van der Waals surface area (Å²) in [6, 6.07) is 0. The van der Waals surface area contributed by atoms with Crippen molar-refractivity contribution in [2.24, 2.45) is 11.5 Å². The molecule has 7 nitrogen and oxygen atoms in total. The van der Waals surface area contributed by atoms with Gasteiger partial charge < -0.3 is 15.2 Å². The molecule has 20 heavy (non-hydrogen) atoms. The number of guanidine groups is 1. The van der Waals surface area contributed by atoms with E-state index in [1.165, 1.54) is 0 Å². The van der Waals surface area contributed by atoms with E-state index in [2.05, 4.69) is 10.3 Å². The highest BCUT2D eigenvalue weighted by Crippen LogP contribution is 2.00. The van der Waals surface area contributed by atoms with Gasteiger partial charge in [-0.15, -0.1) is 0 Å². The Labute approximate surface area is 119 Å². The molecule has 0 fully saturated rings. The topological polar surface area (TPSA) is 135 Å². The highest BCUT2D eigenvalue weighted by molar-refractivity contribution is 5.75. The number of rotatable bonds is 12. The molecule has 0 radical (unpaired) electrons. The second-order valence-electron chi connectivity index (χ2n) is 4.73. The van der Waals surface area contributed by atoms with Gasteiger partial charge in [0.15, 0.2) is 0 Å². The van der Waals surface area contributed by atoms with Gasteiger partial charge >= 0.3 is 5.96 Å². The maximum atomic E-state index is 11.4. The molecule has 0 rings (SSSR count). The van der Waals surface area contributed by atoms with Crippen molar-refractivity contribution in [3.8, 4) is 0 Å². The van der Waals surface area contributed by atoms with E-state index in [0.29, 0.717) is 19.4 Å². The van der Waals surface area contributed by atoms with E-state index < -0.39 is 5.97 Å². The van der Waals surface area contributed by atoms with Crippen molar-refractivity contribution >= 4 is 17.8 Å². The third-order valence-electron chi connectivity index (χ3n) is 2.79. The molecule has 0 aromatic heterocycles. The predicted octanol–water partition coefficient (Wildman–Crippen LogP) is -2.67. The molecule has 0 heterocycles. The zero-order valence-corrected chi connectivity index (χ0v) is 12.0. The molecule has 0 aromatic rings. The quantitative estimate of drug-likeness (QED) is 0.176. The van der Waals surface area contributed by atoms with Gasteiger partial charge in [-0.2, -0.15) is 0 Å². The average molecular weight is 286 g/mol. The molecule has 0 spiro atoms. The fourth-order valence-corrected chi connectivity index (χ4v) is 1.71. The van der Waals surface area contributed by atoms with Gasteiger partial charge in [0.1, 0.15) is 0 Å². The molecule has 0 aliphatic carbocycles. The number of amides is 1. The molecule has 7 heteroatoms. The summed E-state index contributed by atoms with van der Waals surface area (Å²) < 4.78 is 0. The number of unbranched alkanes of at least 4 members (excludes halogenated alkanes) is 4. The lowest BCUT2D eigenvalue weighted by molar-refractivity contribution is -0.459. The largest absolute Gasteiger partial charge is 0.550 e. The van der Waals surface area contributed by atoms with Crippen molar-refractivity contribution in [3.05, 3.63) is 0 Å². The zero-order chi connectivity index (χ0) is 15.2. The van der Waals surface area contributed by atoms with E-state index in [1.807, 2.05) is 0 Å². The first-order chi connectivity index (χ1) is 9.52. The van der Waals surface area contributed by atoms with Gasteiger partial charge in [0.05, 0.1) is 6.54 Å². The Balaban J connectivity index is 3.29. The summed E-state index contributed by atoms with van der Waals surface area (Å²) >= 11 is 0. The molecule has 0 bridgehead atoms. The van der Waals surface area contributed by atoms with Crippen LogP contribution in [0, 0.1) is 0 Å². The van der Waals surface area contributed by atoms with Crippen LogP contribution in [0.3, 0.4) is 0 Å². The molecule has 116 valence electrons. The Morgan fingerprint density at radius 2 is 1.60 bits per heavy atom. The Bertz CT molecular complexity index is 315. The molecule has 0 saturated carbocycles. The molecule has 0 aromatic carbocycles. The number of carboxylic acids is 1. The van der Waals surface area contributed by atoms with Gasteiger partial charge in [-0.05, 0) is 38.5 Å². The normalized spacial score (nSPS) is 10.0. The van der Waals surface area contributed by atoms with Gasteiger partial charge in [-0.25, -0.2) is 0 Å². The minimum atomic E-state index is -1.02. The van der Waals surface area contributed by atoms with Crippen LogP contribution in [0.5, 0.6) is 0 Å². The minimum Gasteiger partial charge on any atom is -0.550 e. The molecular weight excluding hydrogens is 260 g/mol. The molecule has 0 aliphatic rings. The van der Waals surface area contributed by atoms with Gasteiger partial charge in [0, 0.05) is 18.9 Å². The molecular formula is C13H26N4O3. The Kier molecular flexibility index (Phi) is 11.2. The first-order valence-electron chi connectivity index (χ1n) is 7.10. The first-order valence-corrected chi connectivity index (χ1v) is 7.10. The predicted molar refractivity (Wildman–Crippen MR) is 74.2 cm³/mol. The van der Waals surface area contributed by atoms with Crippen LogP contribution in [0.1, 0.15) is 51.4 Å². The first kappa shape index (κ1) is 18.2. The number of carbonyl (C=O) groups excluding carboxylic acids is 2. The van der Waals surface area contributed by atoms with Crippen LogP contribution in [0.25, 0.3) is 0 Å². The van der Waals surface area contributed by atoms with Crippen molar-refractivity contribution in [1.82, 2.24) is 5.32 Å². The van der Waals surface area contributed by atoms with E-state index in [4.69, 9.17) is 11.5 Å². The number of aliphatic carboxylic acids is 1. The third-order valence-corrected chi connectivity index (χ3v) is 2.79. The summed E-state index contributed by atoms with van der Waals surface area (Å²) in [7, 11) is 0. The monoisotopic (exact) mass is 286 g/mol. The van der Waals surface area contributed by atoms with Crippen LogP contribution in [0.2, 0.25) is 0 Å². The lowest BCUT2D eigenvalue weighted by Crippen LogP contribution is -2.78. The lowest BCUT2D eigenvalue weighted by atomic mass is 10.1. The highest BCUT2D eigenvalue weighted by Gasteiger charge is 2.00. The SMILES string of the molecule is NC(N)=[NH+]CCCCCC(=O)NCCCCCC(=O)[O-]. The van der Waals surface area contributed by atoms with Crippen molar-refractivity contribution in [2.45, 2.75) is 51.4 Å². The van der Waals surface area contributed by atoms with E-state index in [1.54, 1.807) is 0 Å².